The molecule has 1 rings (SSSR count). The Hall–Kier alpha value is -1.03. The highest BCUT2D eigenvalue weighted by Crippen LogP contribution is 2.25. The molecule has 1 aliphatic rings. The number of rotatable bonds is 6. The lowest BCUT2D eigenvalue weighted by Gasteiger charge is -2.08. The van der Waals surface area contributed by atoms with E-state index in [1.807, 2.05) is 0 Å². The number of hydrogen-bond acceptors (Lipinski definition) is 4. The van der Waals surface area contributed by atoms with Crippen LogP contribution in [-0.4, -0.2) is 29.4 Å². The summed E-state index contributed by atoms with van der Waals surface area (Å²) < 4.78 is 4.82. The van der Waals surface area contributed by atoms with E-state index >= 15 is 0 Å². The number of hydrogen-bond donors (Lipinski definition) is 2. The zero-order valence-electron chi connectivity index (χ0n) is 10.6. The van der Waals surface area contributed by atoms with Gasteiger partial charge in [-0.25, -0.2) is 4.79 Å². The number of unbranched alkanes of at least 4 members (excludes halogenated alkanes) is 1. The van der Waals surface area contributed by atoms with Crippen LogP contribution in [0.15, 0.2) is 11.3 Å². The number of allylic oxidation sites excluding steroid dienone is 1. The summed E-state index contributed by atoms with van der Waals surface area (Å²) in [6, 6.07) is 0. The van der Waals surface area contributed by atoms with E-state index < -0.39 is 5.97 Å². The highest BCUT2D eigenvalue weighted by molar-refractivity contribution is 5.91. The van der Waals surface area contributed by atoms with E-state index in [9.17, 15) is 9.90 Å². The molecule has 1 aliphatic heterocycles. The summed E-state index contributed by atoms with van der Waals surface area (Å²) >= 11 is 0. The van der Waals surface area contributed by atoms with E-state index in [2.05, 4.69) is 13.8 Å². The van der Waals surface area contributed by atoms with Crippen molar-refractivity contribution in [1.29, 1.82) is 0 Å². The van der Waals surface area contributed by atoms with Crippen LogP contribution >= 0.6 is 0 Å². The van der Waals surface area contributed by atoms with E-state index in [4.69, 9.17) is 9.84 Å². The van der Waals surface area contributed by atoms with E-state index in [1.54, 1.807) is 0 Å². The first-order valence-corrected chi connectivity index (χ1v) is 6.26. The van der Waals surface area contributed by atoms with Gasteiger partial charge in [-0.1, -0.05) is 26.7 Å². The molecule has 0 aromatic rings. The average molecular weight is 242 g/mol. The van der Waals surface area contributed by atoms with Crippen LogP contribution in [0.2, 0.25) is 0 Å². The van der Waals surface area contributed by atoms with Gasteiger partial charge in [0.2, 0.25) is 0 Å². The number of aliphatic hydroxyl groups is 2. The van der Waals surface area contributed by atoms with E-state index in [1.165, 1.54) is 0 Å². The fourth-order valence-electron chi connectivity index (χ4n) is 1.98. The fourth-order valence-corrected chi connectivity index (χ4v) is 1.98. The lowest BCUT2D eigenvalue weighted by molar-refractivity contribution is -0.135. The SMILES string of the molecule is CC(C)CCCC/C(O)=C1/C(=O)OC[C@@H]1CO. The molecule has 4 heteroatoms. The maximum atomic E-state index is 11.4. The molecule has 0 aliphatic carbocycles. The number of ether oxygens (including phenoxy) is 1. The van der Waals surface area contributed by atoms with Crippen LogP contribution in [0, 0.1) is 11.8 Å². The summed E-state index contributed by atoms with van der Waals surface area (Å²) in [4.78, 5) is 11.4. The first kappa shape index (κ1) is 14.0. The maximum Gasteiger partial charge on any atom is 0.337 e. The van der Waals surface area contributed by atoms with Gasteiger partial charge in [0.05, 0.1) is 18.1 Å². The standard InChI is InChI=1S/C13H22O4/c1-9(2)5-3-4-6-11(15)12-10(7-14)8-17-13(12)16/h9-10,14-15H,3-8H2,1-2H3/b12-11-/t10-/m0/s1. The molecule has 0 unspecified atom stereocenters. The Morgan fingerprint density at radius 2 is 2.18 bits per heavy atom. The zero-order chi connectivity index (χ0) is 12.8. The van der Waals surface area contributed by atoms with Gasteiger partial charge in [0.1, 0.15) is 12.4 Å². The second-order valence-electron chi connectivity index (χ2n) is 4.98. The molecule has 0 radical (unpaired) electrons. The highest BCUT2D eigenvalue weighted by atomic mass is 16.5. The van der Waals surface area contributed by atoms with Crippen molar-refractivity contribution in [1.82, 2.24) is 0 Å². The molecule has 1 saturated heterocycles. The number of carbonyl (C=O) groups is 1. The highest BCUT2D eigenvalue weighted by Gasteiger charge is 2.33. The third-order valence-electron chi connectivity index (χ3n) is 3.02. The largest absolute Gasteiger partial charge is 0.512 e. The fraction of sp³-hybridized carbons (Fsp3) is 0.769. The number of aliphatic hydroxyl groups excluding tert-OH is 2. The van der Waals surface area contributed by atoms with E-state index in [-0.39, 0.29) is 30.5 Å². The number of esters is 1. The summed E-state index contributed by atoms with van der Waals surface area (Å²) in [5.41, 5.74) is 0.275. The normalized spacial score (nSPS) is 23.1. The minimum Gasteiger partial charge on any atom is -0.512 e. The first-order chi connectivity index (χ1) is 8.06. The molecule has 0 amide bonds. The molecule has 0 spiro atoms. The molecule has 2 N–H and O–H groups in total. The first-order valence-electron chi connectivity index (χ1n) is 6.26. The van der Waals surface area contributed by atoms with Crippen molar-refractivity contribution in [2.24, 2.45) is 11.8 Å². The third-order valence-corrected chi connectivity index (χ3v) is 3.02. The van der Waals surface area contributed by atoms with Crippen molar-refractivity contribution < 1.29 is 19.7 Å². The zero-order valence-corrected chi connectivity index (χ0v) is 10.6. The van der Waals surface area contributed by atoms with Crippen LogP contribution < -0.4 is 0 Å². The lowest BCUT2D eigenvalue weighted by Crippen LogP contribution is -2.11. The molecule has 0 bridgehead atoms. The Morgan fingerprint density at radius 1 is 1.47 bits per heavy atom. The Bertz CT molecular complexity index is 294. The third kappa shape index (κ3) is 4.04. The monoisotopic (exact) mass is 242 g/mol. The number of cyclic esters (lactones) is 1. The molecule has 0 aromatic carbocycles. The topological polar surface area (TPSA) is 66.8 Å². The molecular formula is C13H22O4. The van der Waals surface area contributed by atoms with Gasteiger partial charge < -0.3 is 14.9 Å². The Balaban J connectivity index is 2.48. The van der Waals surface area contributed by atoms with Gasteiger partial charge in [0.25, 0.3) is 0 Å². The quantitative estimate of drug-likeness (QED) is 0.324. The Kier molecular flexibility index (Phi) is 5.48. The predicted molar refractivity (Wildman–Crippen MR) is 64.5 cm³/mol. The van der Waals surface area contributed by atoms with E-state index in [0.29, 0.717) is 12.3 Å². The van der Waals surface area contributed by atoms with Gasteiger partial charge in [0.15, 0.2) is 0 Å². The van der Waals surface area contributed by atoms with Gasteiger partial charge >= 0.3 is 5.97 Å². The molecule has 0 aromatic heterocycles. The van der Waals surface area contributed by atoms with Crippen molar-refractivity contribution >= 4 is 5.97 Å². The van der Waals surface area contributed by atoms with Crippen molar-refractivity contribution in [3.8, 4) is 0 Å². The van der Waals surface area contributed by atoms with Gasteiger partial charge in [-0.2, -0.15) is 0 Å². The molecule has 1 heterocycles. The molecule has 17 heavy (non-hydrogen) atoms. The van der Waals surface area contributed by atoms with Gasteiger partial charge in [-0.3, -0.25) is 0 Å². The van der Waals surface area contributed by atoms with Crippen molar-refractivity contribution in [2.45, 2.75) is 39.5 Å². The summed E-state index contributed by atoms with van der Waals surface area (Å²) in [6.07, 6.45) is 3.51. The predicted octanol–water partition coefficient (Wildman–Crippen LogP) is 2.18. The van der Waals surface area contributed by atoms with E-state index in [0.717, 1.165) is 19.3 Å². The van der Waals surface area contributed by atoms with Crippen LogP contribution in [0.25, 0.3) is 0 Å². The second kappa shape index (κ2) is 6.64. The van der Waals surface area contributed by atoms with Gasteiger partial charge in [0, 0.05) is 6.42 Å². The Labute approximate surface area is 102 Å². The minimum atomic E-state index is -0.481. The molecule has 4 nitrogen and oxygen atoms in total. The van der Waals surface area contributed by atoms with Crippen LogP contribution in [0.5, 0.6) is 0 Å². The van der Waals surface area contributed by atoms with Crippen LogP contribution in [0.3, 0.4) is 0 Å². The van der Waals surface area contributed by atoms with Crippen LogP contribution in [0.4, 0.5) is 0 Å². The molecule has 98 valence electrons. The average Bonchev–Trinajstić information content (AvgIpc) is 2.65. The molecule has 1 fully saturated rings. The summed E-state index contributed by atoms with van der Waals surface area (Å²) in [5.74, 6) is -0.0836. The molecule has 0 saturated carbocycles. The molecule has 1 atom stereocenters. The minimum absolute atomic E-state index is 0.0929. The van der Waals surface area contributed by atoms with Gasteiger partial charge in [-0.15, -0.1) is 0 Å². The summed E-state index contributed by atoms with van der Waals surface area (Å²) in [5, 5.41) is 18.9. The van der Waals surface area contributed by atoms with Crippen molar-refractivity contribution in [2.75, 3.05) is 13.2 Å². The summed E-state index contributed by atoms with van der Waals surface area (Å²) in [6.45, 7) is 4.35. The molecular weight excluding hydrogens is 220 g/mol. The van der Waals surface area contributed by atoms with Crippen LogP contribution in [0.1, 0.15) is 39.5 Å². The van der Waals surface area contributed by atoms with Gasteiger partial charge in [-0.05, 0) is 12.3 Å². The summed E-state index contributed by atoms with van der Waals surface area (Å²) in [7, 11) is 0. The van der Waals surface area contributed by atoms with Crippen molar-refractivity contribution in [3.05, 3.63) is 11.3 Å². The smallest absolute Gasteiger partial charge is 0.337 e. The lowest BCUT2D eigenvalue weighted by atomic mass is 9.98. The van der Waals surface area contributed by atoms with Crippen LogP contribution in [-0.2, 0) is 9.53 Å². The Morgan fingerprint density at radius 3 is 2.76 bits per heavy atom. The van der Waals surface area contributed by atoms with Crippen molar-refractivity contribution in [3.63, 3.8) is 0 Å². The maximum absolute atomic E-state index is 11.4. The second-order valence-corrected chi connectivity index (χ2v) is 4.98. The number of carbonyl (C=O) groups excluding carboxylic acids is 1.